The summed E-state index contributed by atoms with van der Waals surface area (Å²) in [6.07, 6.45) is 4.73. The lowest BCUT2D eigenvalue weighted by molar-refractivity contribution is -0.154. The monoisotopic (exact) mass is 252 g/mol. The Balaban J connectivity index is 2.20. The molecule has 0 bridgehead atoms. The van der Waals surface area contributed by atoms with E-state index in [9.17, 15) is 9.59 Å². The molecule has 2 atom stereocenters. The van der Waals surface area contributed by atoms with Gasteiger partial charge in [-0.1, -0.05) is 33.1 Å². The number of amides is 2. The average Bonchev–Trinajstić information content (AvgIpc) is 2.81. The van der Waals surface area contributed by atoms with Crippen LogP contribution in [-0.2, 0) is 9.59 Å². The Labute approximate surface area is 109 Å². The predicted molar refractivity (Wildman–Crippen MR) is 70.0 cm³/mol. The number of piperazine rings is 1. The number of rotatable bonds is 3. The van der Waals surface area contributed by atoms with Crippen LogP contribution in [0.5, 0.6) is 0 Å². The Morgan fingerprint density at radius 1 is 1.39 bits per heavy atom. The van der Waals surface area contributed by atoms with Gasteiger partial charge in [0.2, 0.25) is 11.8 Å². The SMILES string of the molecule is CCC(C)CN1C(=O)C2(CCCC2)NC(=O)C1C. The van der Waals surface area contributed by atoms with Crippen molar-refractivity contribution in [2.24, 2.45) is 5.92 Å². The smallest absolute Gasteiger partial charge is 0.249 e. The predicted octanol–water partition coefficient (Wildman–Crippen LogP) is 1.69. The summed E-state index contributed by atoms with van der Waals surface area (Å²) in [6.45, 7) is 6.78. The molecule has 2 rings (SSSR count). The minimum atomic E-state index is -0.572. The zero-order valence-electron chi connectivity index (χ0n) is 11.7. The van der Waals surface area contributed by atoms with Crippen molar-refractivity contribution in [3.05, 3.63) is 0 Å². The van der Waals surface area contributed by atoms with Crippen LogP contribution >= 0.6 is 0 Å². The fourth-order valence-electron chi connectivity index (χ4n) is 3.01. The molecule has 2 amide bonds. The van der Waals surface area contributed by atoms with Crippen LogP contribution in [0.2, 0.25) is 0 Å². The molecule has 0 aromatic heterocycles. The van der Waals surface area contributed by atoms with Crippen LogP contribution in [0.4, 0.5) is 0 Å². The van der Waals surface area contributed by atoms with Crippen molar-refractivity contribution in [2.75, 3.05) is 6.54 Å². The first-order chi connectivity index (χ1) is 8.50. The van der Waals surface area contributed by atoms with Crippen LogP contribution in [0.15, 0.2) is 0 Å². The highest BCUT2D eigenvalue weighted by atomic mass is 16.2. The Hall–Kier alpha value is -1.06. The van der Waals surface area contributed by atoms with Crippen LogP contribution in [0.3, 0.4) is 0 Å². The van der Waals surface area contributed by atoms with Crippen LogP contribution in [0, 0.1) is 5.92 Å². The standard InChI is InChI=1S/C14H24N2O2/c1-4-10(2)9-16-11(3)12(17)15-14(13(16)18)7-5-6-8-14/h10-11H,4-9H2,1-3H3,(H,15,17). The van der Waals surface area contributed by atoms with Crippen LogP contribution in [0.25, 0.3) is 0 Å². The summed E-state index contributed by atoms with van der Waals surface area (Å²) in [5.74, 6) is 0.605. The van der Waals surface area contributed by atoms with Crippen molar-refractivity contribution in [1.82, 2.24) is 10.2 Å². The highest BCUT2D eigenvalue weighted by Crippen LogP contribution is 2.34. The highest BCUT2D eigenvalue weighted by Gasteiger charge is 2.50. The topological polar surface area (TPSA) is 49.4 Å². The van der Waals surface area contributed by atoms with E-state index in [2.05, 4.69) is 19.2 Å². The number of carbonyl (C=O) groups is 2. The van der Waals surface area contributed by atoms with Gasteiger partial charge in [-0.25, -0.2) is 0 Å². The summed E-state index contributed by atoms with van der Waals surface area (Å²) in [7, 11) is 0. The fourth-order valence-corrected chi connectivity index (χ4v) is 3.01. The van der Waals surface area contributed by atoms with Gasteiger partial charge in [-0.3, -0.25) is 9.59 Å². The third-order valence-corrected chi connectivity index (χ3v) is 4.54. The molecule has 1 aliphatic carbocycles. The highest BCUT2D eigenvalue weighted by molar-refractivity contribution is 5.99. The maximum Gasteiger partial charge on any atom is 0.249 e. The quantitative estimate of drug-likeness (QED) is 0.831. The third kappa shape index (κ3) is 2.13. The van der Waals surface area contributed by atoms with E-state index in [0.29, 0.717) is 12.5 Å². The Kier molecular flexibility index (Phi) is 3.64. The molecular formula is C14H24N2O2. The van der Waals surface area contributed by atoms with E-state index >= 15 is 0 Å². The fraction of sp³-hybridized carbons (Fsp3) is 0.857. The van der Waals surface area contributed by atoms with Crippen LogP contribution in [0.1, 0.15) is 52.9 Å². The summed E-state index contributed by atoms with van der Waals surface area (Å²) in [6, 6.07) is -0.322. The second kappa shape index (κ2) is 4.90. The van der Waals surface area contributed by atoms with Gasteiger partial charge in [0, 0.05) is 6.54 Å². The number of hydrogen-bond acceptors (Lipinski definition) is 2. The zero-order valence-corrected chi connectivity index (χ0v) is 11.7. The molecule has 18 heavy (non-hydrogen) atoms. The average molecular weight is 252 g/mol. The maximum absolute atomic E-state index is 12.7. The third-order valence-electron chi connectivity index (χ3n) is 4.54. The number of hydrogen-bond donors (Lipinski definition) is 1. The van der Waals surface area contributed by atoms with Crippen molar-refractivity contribution in [2.45, 2.75) is 64.5 Å². The van der Waals surface area contributed by atoms with Crippen LogP contribution < -0.4 is 5.32 Å². The maximum atomic E-state index is 12.7. The summed E-state index contributed by atoms with van der Waals surface area (Å²) >= 11 is 0. The summed E-state index contributed by atoms with van der Waals surface area (Å²) in [5.41, 5.74) is -0.572. The van der Waals surface area contributed by atoms with E-state index in [-0.39, 0.29) is 17.9 Å². The Morgan fingerprint density at radius 3 is 2.56 bits per heavy atom. The van der Waals surface area contributed by atoms with Gasteiger partial charge in [-0.05, 0) is 25.7 Å². The molecule has 2 unspecified atom stereocenters. The second-order valence-corrected chi connectivity index (χ2v) is 5.93. The first-order valence-electron chi connectivity index (χ1n) is 7.13. The van der Waals surface area contributed by atoms with Gasteiger partial charge in [-0.15, -0.1) is 0 Å². The molecule has 0 aromatic rings. The molecule has 1 spiro atoms. The largest absolute Gasteiger partial charge is 0.340 e. The summed E-state index contributed by atoms with van der Waals surface area (Å²) in [5, 5.41) is 2.98. The van der Waals surface area contributed by atoms with E-state index in [0.717, 1.165) is 32.1 Å². The van der Waals surface area contributed by atoms with E-state index < -0.39 is 5.54 Å². The van der Waals surface area contributed by atoms with Gasteiger partial charge in [-0.2, -0.15) is 0 Å². The molecule has 1 heterocycles. The molecule has 1 N–H and O–H groups in total. The van der Waals surface area contributed by atoms with Crippen molar-refractivity contribution in [3.8, 4) is 0 Å². The van der Waals surface area contributed by atoms with E-state index in [4.69, 9.17) is 0 Å². The Bertz CT molecular complexity index is 348. The normalized spacial score (nSPS) is 28.6. The molecule has 2 aliphatic rings. The molecular weight excluding hydrogens is 228 g/mol. The minimum absolute atomic E-state index is 0.0137. The molecule has 4 heteroatoms. The molecule has 2 fully saturated rings. The number of carbonyl (C=O) groups excluding carboxylic acids is 2. The first-order valence-corrected chi connectivity index (χ1v) is 7.13. The Morgan fingerprint density at radius 2 is 2.00 bits per heavy atom. The molecule has 4 nitrogen and oxygen atoms in total. The molecule has 1 saturated carbocycles. The van der Waals surface area contributed by atoms with E-state index in [1.807, 2.05) is 6.92 Å². The summed E-state index contributed by atoms with van der Waals surface area (Å²) < 4.78 is 0. The van der Waals surface area contributed by atoms with E-state index in [1.165, 1.54) is 0 Å². The van der Waals surface area contributed by atoms with Crippen LogP contribution in [-0.4, -0.2) is 34.8 Å². The lowest BCUT2D eigenvalue weighted by atomic mass is 9.90. The molecule has 0 radical (unpaired) electrons. The lowest BCUT2D eigenvalue weighted by Crippen LogP contribution is -2.69. The molecule has 0 aromatic carbocycles. The summed E-state index contributed by atoms with van der Waals surface area (Å²) in [4.78, 5) is 26.5. The lowest BCUT2D eigenvalue weighted by Gasteiger charge is -2.44. The van der Waals surface area contributed by atoms with Gasteiger partial charge in [0.15, 0.2) is 0 Å². The number of nitrogens with one attached hydrogen (secondary N) is 1. The molecule has 102 valence electrons. The number of nitrogens with zero attached hydrogens (tertiary/aromatic N) is 1. The van der Waals surface area contributed by atoms with E-state index in [1.54, 1.807) is 4.90 Å². The van der Waals surface area contributed by atoms with Crippen molar-refractivity contribution >= 4 is 11.8 Å². The molecule has 1 aliphatic heterocycles. The van der Waals surface area contributed by atoms with Gasteiger partial charge < -0.3 is 10.2 Å². The molecule has 1 saturated heterocycles. The van der Waals surface area contributed by atoms with Crippen molar-refractivity contribution in [3.63, 3.8) is 0 Å². The van der Waals surface area contributed by atoms with Gasteiger partial charge in [0.05, 0.1) is 0 Å². The van der Waals surface area contributed by atoms with Crippen molar-refractivity contribution < 1.29 is 9.59 Å². The van der Waals surface area contributed by atoms with Gasteiger partial charge in [0.1, 0.15) is 11.6 Å². The first kappa shape index (κ1) is 13.4. The second-order valence-electron chi connectivity index (χ2n) is 5.93. The zero-order chi connectivity index (χ0) is 13.3. The van der Waals surface area contributed by atoms with Gasteiger partial charge in [0.25, 0.3) is 0 Å². The van der Waals surface area contributed by atoms with Crippen molar-refractivity contribution in [1.29, 1.82) is 0 Å². The van der Waals surface area contributed by atoms with Gasteiger partial charge >= 0.3 is 0 Å². The minimum Gasteiger partial charge on any atom is -0.340 e.